The van der Waals surface area contributed by atoms with E-state index in [2.05, 4.69) is 15.7 Å². The van der Waals surface area contributed by atoms with E-state index >= 15 is 0 Å². The molecule has 0 aromatic carbocycles. The van der Waals surface area contributed by atoms with Crippen molar-refractivity contribution in [2.24, 2.45) is 7.05 Å². The molecule has 1 fully saturated rings. The lowest BCUT2D eigenvalue weighted by molar-refractivity contribution is -0.122. The average Bonchev–Trinajstić information content (AvgIpc) is 2.73. The van der Waals surface area contributed by atoms with Crippen LogP contribution in [-0.2, 0) is 18.4 Å². The number of nitrogens with one attached hydrogen (secondary N) is 2. The van der Waals surface area contributed by atoms with E-state index in [9.17, 15) is 4.79 Å². The van der Waals surface area contributed by atoms with E-state index in [0.717, 1.165) is 23.7 Å². The van der Waals surface area contributed by atoms with Gasteiger partial charge in [-0.3, -0.25) is 9.48 Å². The lowest BCUT2D eigenvalue weighted by Crippen LogP contribution is -2.48. The zero-order valence-electron chi connectivity index (χ0n) is 9.27. The topological polar surface area (TPSA) is 59.0 Å². The van der Waals surface area contributed by atoms with Crippen molar-refractivity contribution in [2.45, 2.75) is 12.6 Å². The first-order valence-electron chi connectivity index (χ1n) is 5.33. The molecule has 1 aromatic heterocycles. The summed E-state index contributed by atoms with van der Waals surface area (Å²) >= 11 is 1.81. The summed E-state index contributed by atoms with van der Waals surface area (Å²) in [4.78, 5) is 11.8. The molecule has 1 aliphatic heterocycles. The first-order valence-corrected chi connectivity index (χ1v) is 6.48. The van der Waals surface area contributed by atoms with Crippen molar-refractivity contribution >= 4 is 17.7 Å². The van der Waals surface area contributed by atoms with Gasteiger partial charge in [-0.25, -0.2) is 0 Å². The molecule has 6 heteroatoms. The zero-order valence-corrected chi connectivity index (χ0v) is 10.1. The van der Waals surface area contributed by atoms with E-state index in [0.29, 0.717) is 6.54 Å². The van der Waals surface area contributed by atoms with Gasteiger partial charge < -0.3 is 10.6 Å². The normalized spacial score (nSPS) is 20.7. The minimum atomic E-state index is -0.0533. The maximum absolute atomic E-state index is 11.8. The largest absolute Gasteiger partial charge is 0.349 e. The zero-order chi connectivity index (χ0) is 11.4. The Morgan fingerprint density at radius 1 is 1.81 bits per heavy atom. The molecule has 5 nitrogen and oxygen atoms in total. The van der Waals surface area contributed by atoms with Crippen molar-refractivity contribution < 1.29 is 4.79 Å². The fourth-order valence-electron chi connectivity index (χ4n) is 1.59. The predicted octanol–water partition coefficient (Wildman–Crippen LogP) is -0.259. The second kappa shape index (κ2) is 5.36. The number of thioether (sulfide) groups is 1. The van der Waals surface area contributed by atoms with E-state index in [4.69, 9.17) is 0 Å². The van der Waals surface area contributed by atoms with Gasteiger partial charge in [0.2, 0.25) is 5.91 Å². The molecule has 2 N–H and O–H groups in total. The Hall–Kier alpha value is -1.01. The van der Waals surface area contributed by atoms with Gasteiger partial charge in [0.25, 0.3) is 0 Å². The molecule has 2 heterocycles. The van der Waals surface area contributed by atoms with Crippen LogP contribution in [0.1, 0.15) is 5.69 Å². The monoisotopic (exact) mass is 240 g/mol. The van der Waals surface area contributed by atoms with Crippen LogP contribution in [-0.4, -0.2) is 39.8 Å². The van der Waals surface area contributed by atoms with Crippen LogP contribution < -0.4 is 10.6 Å². The highest BCUT2D eigenvalue weighted by molar-refractivity contribution is 7.99. The molecule has 1 unspecified atom stereocenters. The van der Waals surface area contributed by atoms with Crippen LogP contribution in [0.5, 0.6) is 0 Å². The van der Waals surface area contributed by atoms with Crippen molar-refractivity contribution in [1.29, 1.82) is 0 Å². The molecule has 0 aliphatic carbocycles. The van der Waals surface area contributed by atoms with Gasteiger partial charge in [-0.1, -0.05) is 0 Å². The summed E-state index contributed by atoms with van der Waals surface area (Å²) in [5, 5.41) is 10.3. The Balaban J connectivity index is 1.78. The first kappa shape index (κ1) is 11.5. The van der Waals surface area contributed by atoms with Crippen LogP contribution in [0.3, 0.4) is 0 Å². The lowest BCUT2D eigenvalue weighted by Gasteiger charge is -2.21. The SMILES string of the molecule is Cn1ccc(CNC(=O)C2CSCCN2)n1. The molecular weight excluding hydrogens is 224 g/mol. The fraction of sp³-hybridized carbons (Fsp3) is 0.600. The molecule has 1 aliphatic rings. The van der Waals surface area contributed by atoms with Crippen LogP contribution in [0.4, 0.5) is 0 Å². The van der Waals surface area contributed by atoms with Crippen LogP contribution in [0, 0.1) is 0 Å². The summed E-state index contributed by atoms with van der Waals surface area (Å²) in [6, 6.07) is 1.85. The van der Waals surface area contributed by atoms with Gasteiger partial charge in [0.1, 0.15) is 0 Å². The third-order valence-electron chi connectivity index (χ3n) is 2.45. The molecule has 0 bridgehead atoms. The smallest absolute Gasteiger partial charge is 0.238 e. The Labute approximate surface area is 99.0 Å². The van der Waals surface area contributed by atoms with Crippen LogP contribution in [0.15, 0.2) is 12.3 Å². The summed E-state index contributed by atoms with van der Waals surface area (Å²) in [5.74, 6) is 2.01. The van der Waals surface area contributed by atoms with E-state index in [1.807, 2.05) is 31.1 Å². The molecule has 1 aromatic rings. The van der Waals surface area contributed by atoms with Crippen LogP contribution in [0.25, 0.3) is 0 Å². The maximum atomic E-state index is 11.8. The van der Waals surface area contributed by atoms with Crippen molar-refractivity contribution in [2.75, 3.05) is 18.1 Å². The maximum Gasteiger partial charge on any atom is 0.238 e. The predicted molar refractivity (Wildman–Crippen MR) is 64.2 cm³/mol. The number of rotatable bonds is 3. The van der Waals surface area contributed by atoms with Gasteiger partial charge >= 0.3 is 0 Å². The highest BCUT2D eigenvalue weighted by Crippen LogP contribution is 2.07. The summed E-state index contributed by atoms with van der Waals surface area (Å²) in [6.07, 6.45) is 1.87. The number of aromatic nitrogens is 2. The Morgan fingerprint density at radius 2 is 2.69 bits per heavy atom. The van der Waals surface area contributed by atoms with Gasteiger partial charge in [0.15, 0.2) is 0 Å². The first-order chi connectivity index (χ1) is 7.75. The van der Waals surface area contributed by atoms with Crippen molar-refractivity contribution in [1.82, 2.24) is 20.4 Å². The van der Waals surface area contributed by atoms with Gasteiger partial charge in [0, 0.05) is 31.3 Å². The van der Waals surface area contributed by atoms with Gasteiger partial charge in [-0.15, -0.1) is 0 Å². The molecule has 2 rings (SSSR count). The number of carbonyl (C=O) groups excluding carboxylic acids is 1. The minimum Gasteiger partial charge on any atom is -0.349 e. The molecule has 16 heavy (non-hydrogen) atoms. The van der Waals surface area contributed by atoms with Crippen LogP contribution >= 0.6 is 11.8 Å². The molecule has 88 valence electrons. The van der Waals surface area contributed by atoms with Crippen molar-refractivity contribution in [3.63, 3.8) is 0 Å². The second-order valence-electron chi connectivity index (χ2n) is 3.78. The van der Waals surface area contributed by atoms with Crippen LogP contribution in [0.2, 0.25) is 0 Å². The lowest BCUT2D eigenvalue weighted by atomic mass is 10.3. The highest BCUT2D eigenvalue weighted by Gasteiger charge is 2.20. The van der Waals surface area contributed by atoms with Gasteiger partial charge in [0.05, 0.1) is 18.3 Å². The van der Waals surface area contributed by atoms with Gasteiger partial charge in [-0.05, 0) is 6.07 Å². The second-order valence-corrected chi connectivity index (χ2v) is 4.93. The molecule has 0 radical (unpaired) electrons. The van der Waals surface area contributed by atoms with Crippen molar-refractivity contribution in [3.8, 4) is 0 Å². The summed E-state index contributed by atoms with van der Waals surface area (Å²) in [5.41, 5.74) is 0.888. The number of aryl methyl sites for hydroxylation is 1. The Morgan fingerprint density at radius 3 is 3.31 bits per heavy atom. The quantitative estimate of drug-likeness (QED) is 0.764. The molecule has 1 amide bonds. The molecule has 1 atom stereocenters. The highest BCUT2D eigenvalue weighted by atomic mass is 32.2. The Bertz CT molecular complexity index is 359. The third-order valence-corrected chi connectivity index (χ3v) is 3.51. The Kier molecular flexibility index (Phi) is 3.84. The number of hydrogen-bond acceptors (Lipinski definition) is 4. The number of nitrogens with zero attached hydrogens (tertiary/aromatic N) is 2. The number of carbonyl (C=O) groups is 1. The van der Waals surface area contributed by atoms with E-state index < -0.39 is 0 Å². The standard InChI is InChI=1S/C10H16N4OS/c1-14-4-2-8(13-14)6-12-10(15)9-7-16-5-3-11-9/h2,4,9,11H,3,5-7H2,1H3,(H,12,15). The molecule has 0 saturated carbocycles. The van der Waals surface area contributed by atoms with E-state index in [1.165, 1.54) is 0 Å². The molecule has 0 spiro atoms. The molecule has 1 saturated heterocycles. The number of amides is 1. The fourth-order valence-corrected chi connectivity index (χ4v) is 2.53. The summed E-state index contributed by atoms with van der Waals surface area (Å²) in [6.45, 7) is 1.41. The van der Waals surface area contributed by atoms with Gasteiger partial charge in [-0.2, -0.15) is 16.9 Å². The summed E-state index contributed by atoms with van der Waals surface area (Å²) < 4.78 is 1.73. The van der Waals surface area contributed by atoms with Crippen molar-refractivity contribution in [3.05, 3.63) is 18.0 Å². The molecular formula is C10H16N4OS. The van der Waals surface area contributed by atoms with E-state index in [-0.39, 0.29) is 11.9 Å². The summed E-state index contributed by atoms with van der Waals surface area (Å²) in [7, 11) is 1.87. The van der Waals surface area contributed by atoms with E-state index in [1.54, 1.807) is 4.68 Å². The minimum absolute atomic E-state index is 0.0533. The third kappa shape index (κ3) is 2.99. The number of hydrogen-bond donors (Lipinski definition) is 2. The average molecular weight is 240 g/mol.